The Kier molecular flexibility index (Phi) is 8.38. The number of fused-ring (bicyclic) bond motifs is 1. The first kappa shape index (κ1) is 28.9. The van der Waals surface area contributed by atoms with Gasteiger partial charge < -0.3 is 25.4 Å². The van der Waals surface area contributed by atoms with Crippen LogP contribution in [-0.2, 0) is 40.0 Å². The molecule has 4 rings (SSSR count). The number of β-lactam (4-membered cyclic amide) rings is 1. The van der Waals surface area contributed by atoms with Crippen LogP contribution < -0.4 is 11.1 Å². The third-order valence-corrected chi connectivity index (χ3v) is 7.58. The maximum atomic E-state index is 13.3. The lowest BCUT2D eigenvalue weighted by Gasteiger charge is -2.49. The van der Waals surface area contributed by atoms with Crippen molar-refractivity contribution < 1.29 is 33.5 Å². The summed E-state index contributed by atoms with van der Waals surface area (Å²) in [4.78, 5) is 62.9. The standard InChI is InChI=1S/C22H27N9O7S2/c1-10-26-29-30(27-10)6-11-7-39-18-14(25-16(32)13(28-36-5)12-8-40-21(23)24-12)17(33)31(18)15(11)19(34)37-9-38-20(35)22(2,3)4/h8,14,18H,6-7,9H2,1-5H3,(H2,23,24)(H,25,32). The van der Waals surface area contributed by atoms with Crippen LogP contribution in [0, 0.1) is 12.3 Å². The summed E-state index contributed by atoms with van der Waals surface area (Å²) < 4.78 is 10.3. The van der Waals surface area contributed by atoms with E-state index in [0.717, 1.165) is 11.3 Å². The predicted molar refractivity (Wildman–Crippen MR) is 141 cm³/mol. The normalized spacial score (nSPS) is 19.1. The number of nitrogens with zero attached hydrogens (tertiary/aromatic N) is 7. The van der Waals surface area contributed by atoms with Gasteiger partial charge >= 0.3 is 11.9 Å². The van der Waals surface area contributed by atoms with E-state index in [1.54, 1.807) is 27.7 Å². The number of carbonyl (C=O) groups is 4. The molecule has 16 nitrogen and oxygen atoms in total. The number of hydrogen-bond acceptors (Lipinski definition) is 15. The molecule has 40 heavy (non-hydrogen) atoms. The third-order valence-electron chi connectivity index (χ3n) is 5.57. The van der Waals surface area contributed by atoms with Crippen molar-refractivity contribution >= 4 is 57.7 Å². The average molecular weight is 594 g/mol. The number of nitrogen functional groups attached to an aromatic ring is 1. The quantitative estimate of drug-likeness (QED) is 0.127. The van der Waals surface area contributed by atoms with Crippen molar-refractivity contribution in [3.63, 3.8) is 0 Å². The smallest absolute Gasteiger partial charge is 0.358 e. The maximum Gasteiger partial charge on any atom is 0.358 e. The fraction of sp³-hybridized carbons (Fsp3) is 0.500. The summed E-state index contributed by atoms with van der Waals surface area (Å²) in [5, 5.41) is 19.4. The number of rotatable bonds is 9. The van der Waals surface area contributed by atoms with E-state index in [-0.39, 0.29) is 34.5 Å². The Hall–Kier alpha value is -4.06. The number of nitrogens with two attached hydrogens (primary N) is 1. The molecule has 2 unspecified atom stereocenters. The molecule has 2 aliphatic heterocycles. The van der Waals surface area contributed by atoms with Crippen LogP contribution >= 0.6 is 23.1 Å². The topological polar surface area (TPSA) is 206 Å². The number of tetrazole rings is 1. The van der Waals surface area contributed by atoms with Gasteiger partial charge in [0.05, 0.1) is 12.0 Å². The van der Waals surface area contributed by atoms with E-state index >= 15 is 0 Å². The maximum absolute atomic E-state index is 13.3. The number of aromatic nitrogens is 5. The first-order valence-electron chi connectivity index (χ1n) is 11.8. The first-order valence-corrected chi connectivity index (χ1v) is 13.7. The van der Waals surface area contributed by atoms with Gasteiger partial charge in [-0.25, -0.2) is 9.78 Å². The van der Waals surface area contributed by atoms with Crippen LogP contribution in [0.25, 0.3) is 0 Å². The highest BCUT2D eigenvalue weighted by atomic mass is 32.2. The molecule has 1 saturated heterocycles. The molecule has 2 aromatic heterocycles. The molecule has 1 fully saturated rings. The molecule has 3 N–H and O–H groups in total. The monoisotopic (exact) mass is 593 g/mol. The summed E-state index contributed by atoms with van der Waals surface area (Å²) in [6.45, 7) is 6.06. The second-order valence-electron chi connectivity index (χ2n) is 9.61. The highest BCUT2D eigenvalue weighted by molar-refractivity contribution is 8.00. The van der Waals surface area contributed by atoms with Crippen LogP contribution in [0.1, 0.15) is 32.3 Å². The van der Waals surface area contributed by atoms with Crippen LogP contribution in [0.3, 0.4) is 0 Å². The van der Waals surface area contributed by atoms with Crippen molar-refractivity contribution in [3.8, 4) is 0 Å². The highest BCUT2D eigenvalue weighted by Crippen LogP contribution is 2.41. The van der Waals surface area contributed by atoms with Crippen molar-refractivity contribution in [2.45, 2.75) is 45.7 Å². The molecule has 2 aromatic rings. The number of amides is 2. The molecule has 0 aromatic carbocycles. The molecule has 0 saturated carbocycles. The number of oxime groups is 1. The van der Waals surface area contributed by atoms with E-state index in [2.05, 4.69) is 30.9 Å². The van der Waals surface area contributed by atoms with Gasteiger partial charge in [-0.15, -0.1) is 33.3 Å². The van der Waals surface area contributed by atoms with E-state index in [1.165, 1.54) is 33.9 Å². The Balaban J connectivity index is 1.53. The Morgan fingerprint density at radius 2 is 2.02 bits per heavy atom. The lowest BCUT2D eigenvalue weighted by molar-refractivity contribution is -0.173. The summed E-state index contributed by atoms with van der Waals surface area (Å²) in [6, 6.07) is -0.981. The zero-order valence-corrected chi connectivity index (χ0v) is 23.9. The molecule has 214 valence electrons. The fourth-order valence-corrected chi connectivity index (χ4v) is 5.56. The molecular weight excluding hydrogens is 566 g/mol. The van der Waals surface area contributed by atoms with Crippen LogP contribution in [0.2, 0.25) is 0 Å². The minimum atomic E-state index is -0.981. The van der Waals surface area contributed by atoms with E-state index in [4.69, 9.17) is 20.0 Å². The van der Waals surface area contributed by atoms with Crippen molar-refractivity contribution in [2.75, 3.05) is 25.4 Å². The Bertz CT molecular complexity index is 1390. The lowest BCUT2D eigenvalue weighted by Crippen LogP contribution is -2.71. The van der Waals surface area contributed by atoms with Gasteiger partial charge in [-0.05, 0) is 38.5 Å². The van der Waals surface area contributed by atoms with Gasteiger partial charge in [0.2, 0.25) is 6.79 Å². The lowest BCUT2D eigenvalue weighted by atomic mass is 9.98. The van der Waals surface area contributed by atoms with E-state index in [9.17, 15) is 19.2 Å². The molecule has 0 bridgehead atoms. The van der Waals surface area contributed by atoms with E-state index in [0.29, 0.717) is 11.4 Å². The van der Waals surface area contributed by atoms with Gasteiger partial charge in [-0.1, -0.05) is 5.16 Å². The largest absolute Gasteiger partial charge is 0.427 e. The summed E-state index contributed by atoms with van der Waals surface area (Å²) >= 11 is 2.44. The SMILES string of the molecule is CON=C(C(=O)NC1C(=O)N2C(C(=O)OCOC(=O)C(C)(C)C)=C(Cn3nnc(C)n3)CSC12)c1csc(N)n1. The van der Waals surface area contributed by atoms with E-state index < -0.39 is 47.4 Å². The molecule has 0 aliphatic carbocycles. The van der Waals surface area contributed by atoms with Crippen molar-refractivity contribution in [1.29, 1.82) is 0 Å². The van der Waals surface area contributed by atoms with Gasteiger partial charge in [0.15, 0.2) is 16.7 Å². The van der Waals surface area contributed by atoms with Gasteiger partial charge in [0.25, 0.3) is 11.8 Å². The predicted octanol–water partition coefficient (Wildman–Crippen LogP) is -0.185. The zero-order valence-electron chi connectivity index (χ0n) is 22.2. The Labute approximate surface area is 236 Å². The molecule has 2 amide bonds. The van der Waals surface area contributed by atoms with Crippen molar-refractivity contribution in [3.05, 3.63) is 28.2 Å². The average Bonchev–Trinajstić information content (AvgIpc) is 3.51. The van der Waals surface area contributed by atoms with Gasteiger partial charge in [-0.3, -0.25) is 19.3 Å². The van der Waals surface area contributed by atoms with Crippen LogP contribution in [-0.4, -0.2) is 90.6 Å². The number of thioether (sulfide) groups is 1. The van der Waals surface area contributed by atoms with E-state index in [1.807, 2.05) is 0 Å². The van der Waals surface area contributed by atoms with Crippen LogP contribution in [0.5, 0.6) is 0 Å². The molecule has 0 spiro atoms. The van der Waals surface area contributed by atoms with Gasteiger partial charge in [-0.2, -0.15) is 4.80 Å². The molecule has 2 aliphatic rings. The molecular formula is C22H27N9O7S2. The molecule has 2 atom stereocenters. The van der Waals surface area contributed by atoms with Crippen LogP contribution in [0.4, 0.5) is 5.13 Å². The third kappa shape index (κ3) is 6.06. The number of thiazole rings is 1. The number of esters is 2. The number of aryl methyl sites for hydroxylation is 1. The number of nitrogens with one attached hydrogen (secondary N) is 1. The first-order chi connectivity index (χ1) is 18.9. The second-order valence-corrected chi connectivity index (χ2v) is 11.6. The number of anilines is 1. The Morgan fingerprint density at radius 1 is 1.27 bits per heavy atom. The van der Waals surface area contributed by atoms with Crippen molar-refractivity contribution in [1.82, 2.24) is 35.4 Å². The Morgan fingerprint density at radius 3 is 2.62 bits per heavy atom. The van der Waals surface area contributed by atoms with Gasteiger partial charge in [0, 0.05) is 11.1 Å². The molecule has 0 radical (unpaired) electrons. The summed E-state index contributed by atoms with van der Waals surface area (Å²) in [7, 11) is 1.27. The van der Waals surface area contributed by atoms with Crippen molar-refractivity contribution in [2.24, 2.45) is 10.6 Å². The summed E-state index contributed by atoms with van der Waals surface area (Å²) in [5.41, 5.74) is 5.35. The minimum Gasteiger partial charge on any atom is -0.427 e. The number of ether oxygens (including phenoxy) is 2. The minimum absolute atomic E-state index is 0.0425. The van der Waals surface area contributed by atoms with Gasteiger partial charge in [0.1, 0.15) is 29.9 Å². The molecule has 4 heterocycles. The second kappa shape index (κ2) is 11.6. The fourth-order valence-electron chi connectivity index (χ4n) is 3.68. The molecule has 18 heteroatoms. The number of carbonyl (C=O) groups excluding carboxylic acids is 4. The number of hydrogen-bond donors (Lipinski definition) is 2. The highest BCUT2D eigenvalue weighted by Gasteiger charge is 2.55. The summed E-state index contributed by atoms with van der Waals surface area (Å²) in [5.74, 6) is -1.99. The summed E-state index contributed by atoms with van der Waals surface area (Å²) in [6.07, 6.45) is 0. The zero-order chi connectivity index (χ0) is 29.2. The van der Waals surface area contributed by atoms with Crippen LogP contribution in [0.15, 0.2) is 21.8 Å².